The van der Waals surface area contributed by atoms with Crippen LogP contribution < -0.4 is 38.4 Å². The second kappa shape index (κ2) is 23.2. The number of amides is 1. The predicted octanol–water partition coefficient (Wildman–Crippen LogP) is 10.9. The van der Waals surface area contributed by atoms with E-state index in [0.29, 0.717) is 71.9 Å². The Balaban J connectivity index is 1.45. The number of carbonyl (C=O) groups is 1. The van der Waals surface area contributed by atoms with Gasteiger partial charge in [-0.2, -0.15) is 10.5 Å². The molecule has 1 saturated heterocycles. The minimum atomic E-state index is -2.42. The standard InChI is InChI=1S/C57H79N5O9Si2/c1-36-51(64-9)38(31-49(53(36)66-11)70-72(13,14)56(3,4)5)29-45(61-55(63)69-35-44-42-23-19-17-21-40(42)41-22-18-20-24-43(41)44)47(33-58)60-46(48(34-59)62-25-27-68-28-26-62)30-39-32-50(71-73(15,16)57(6,7)8)54(67-12)37(2)52(39)65-10/h17-24,31-32,44-48,60H,25-30,35H2,1-16H3,(H,61,63)/t45-,46-,47?,48-/m0/s1. The zero-order valence-electron chi connectivity index (χ0n) is 46.1. The molecule has 4 aromatic rings. The number of fused-ring (bicyclic) bond motifs is 3. The number of hydrogen-bond acceptors (Lipinski definition) is 13. The van der Waals surface area contributed by atoms with E-state index in [4.69, 9.17) is 37.3 Å². The first kappa shape index (κ1) is 56.5. The van der Waals surface area contributed by atoms with Crippen LogP contribution in [0.5, 0.6) is 34.5 Å². The lowest BCUT2D eigenvalue weighted by Gasteiger charge is -2.38. The Kier molecular flexibility index (Phi) is 18.0. The fourth-order valence-corrected chi connectivity index (χ4v) is 11.6. The van der Waals surface area contributed by atoms with Gasteiger partial charge in [0.2, 0.25) is 0 Å². The highest BCUT2D eigenvalue weighted by atomic mass is 28.4. The van der Waals surface area contributed by atoms with Crippen LogP contribution >= 0.6 is 0 Å². The molecular formula is C57H79N5O9Si2. The van der Waals surface area contributed by atoms with Crippen LogP contribution in [0.3, 0.4) is 0 Å². The molecular weight excluding hydrogens is 955 g/mol. The van der Waals surface area contributed by atoms with Gasteiger partial charge in [0, 0.05) is 41.7 Å². The molecule has 1 heterocycles. The molecule has 0 radical (unpaired) electrons. The largest absolute Gasteiger partial charge is 0.541 e. The number of morpholine rings is 1. The summed E-state index contributed by atoms with van der Waals surface area (Å²) in [5, 5.41) is 29.2. The highest BCUT2D eigenvalue weighted by molar-refractivity contribution is 6.75. The van der Waals surface area contributed by atoms with E-state index < -0.39 is 46.9 Å². The minimum Gasteiger partial charge on any atom is -0.541 e. The van der Waals surface area contributed by atoms with E-state index in [-0.39, 0.29) is 35.4 Å². The first-order valence-electron chi connectivity index (χ1n) is 25.3. The number of hydrogen-bond donors (Lipinski definition) is 2. The van der Waals surface area contributed by atoms with Crippen molar-refractivity contribution in [2.45, 2.75) is 135 Å². The van der Waals surface area contributed by atoms with E-state index in [1.807, 2.05) is 50.2 Å². The lowest BCUT2D eigenvalue weighted by Crippen LogP contribution is -2.60. The SMILES string of the molecule is COc1c(C[C@H](NC(=O)OCC2c3ccccc3-c3ccccc32)C(C#N)N[C@@H](Cc2cc(O[Si](C)(C)C(C)(C)C)c(OC)c(C)c2OC)[C@H](C#N)N2CCOCC2)cc(O[Si](C)(C)C(C)(C)C)c(OC)c1C. The van der Waals surface area contributed by atoms with Crippen molar-refractivity contribution in [3.05, 3.63) is 94.0 Å². The Bertz CT molecular complexity index is 2630. The van der Waals surface area contributed by atoms with E-state index >= 15 is 0 Å². The monoisotopic (exact) mass is 1030 g/mol. The van der Waals surface area contributed by atoms with Gasteiger partial charge in [-0.1, -0.05) is 90.1 Å². The molecule has 16 heteroatoms. The Morgan fingerprint density at radius 1 is 0.699 bits per heavy atom. The van der Waals surface area contributed by atoms with E-state index in [1.165, 1.54) is 0 Å². The van der Waals surface area contributed by atoms with Crippen LogP contribution in [0.15, 0.2) is 60.7 Å². The fourth-order valence-electron chi connectivity index (χ4n) is 9.56. The number of ether oxygens (including phenoxy) is 6. The summed E-state index contributed by atoms with van der Waals surface area (Å²) in [5.74, 6) is 3.18. The third-order valence-electron chi connectivity index (χ3n) is 15.6. The summed E-state index contributed by atoms with van der Waals surface area (Å²) < 4.78 is 50.1. The van der Waals surface area contributed by atoms with Gasteiger partial charge in [0.05, 0.1) is 59.8 Å². The number of alkyl carbamates (subject to hydrolysis) is 1. The van der Waals surface area contributed by atoms with Gasteiger partial charge >= 0.3 is 6.09 Å². The van der Waals surface area contributed by atoms with Crippen molar-refractivity contribution in [1.82, 2.24) is 15.5 Å². The quantitative estimate of drug-likeness (QED) is 0.0804. The molecule has 1 fully saturated rings. The van der Waals surface area contributed by atoms with Gasteiger partial charge in [-0.3, -0.25) is 10.2 Å². The van der Waals surface area contributed by atoms with Crippen molar-refractivity contribution in [2.24, 2.45) is 0 Å². The van der Waals surface area contributed by atoms with Crippen molar-refractivity contribution >= 4 is 22.7 Å². The molecule has 0 spiro atoms. The Morgan fingerprint density at radius 2 is 1.14 bits per heavy atom. The Labute approximate surface area is 436 Å². The highest BCUT2D eigenvalue weighted by Gasteiger charge is 2.43. The van der Waals surface area contributed by atoms with Crippen molar-refractivity contribution in [1.29, 1.82) is 10.5 Å². The average molecular weight is 1030 g/mol. The maximum atomic E-state index is 14.5. The minimum absolute atomic E-state index is 0.0682. The zero-order chi connectivity index (χ0) is 53.6. The topological polar surface area (TPSA) is 166 Å². The van der Waals surface area contributed by atoms with E-state index in [0.717, 1.165) is 33.4 Å². The zero-order valence-corrected chi connectivity index (χ0v) is 48.1. The predicted molar refractivity (Wildman–Crippen MR) is 292 cm³/mol. The molecule has 394 valence electrons. The molecule has 0 bridgehead atoms. The molecule has 4 aromatic carbocycles. The summed E-state index contributed by atoms with van der Waals surface area (Å²) in [6.07, 6.45) is -0.353. The molecule has 0 saturated carbocycles. The number of nitrogens with one attached hydrogen (secondary N) is 2. The number of rotatable bonds is 20. The van der Waals surface area contributed by atoms with Gasteiger partial charge in [0.15, 0.2) is 11.5 Å². The van der Waals surface area contributed by atoms with Crippen molar-refractivity contribution < 1.29 is 42.1 Å². The molecule has 73 heavy (non-hydrogen) atoms. The van der Waals surface area contributed by atoms with Crippen molar-refractivity contribution in [3.63, 3.8) is 0 Å². The summed E-state index contributed by atoms with van der Waals surface area (Å²) >= 11 is 0. The summed E-state index contributed by atoms with van der Waals surface area (Å²) in [6.45, 7) is 27.6. The Morgan fingerprint density at radius 3 is 1.55 bits per heavy atom. The molecule has 6 rings (SSSR count). The smallest absolute Gasteiger partial charge is 0.407 e. The van der Waals surface area contributed by atoms with Gasteiger partial charge in [-0.25, -0.2) is 4.79 Å². The van der Waals surface area contributed by atoms with Gasteiger partial charge in [0.1, 0.15) is 41.7 Å². The van der Waals surface area contributed by atoms with Crippen LogP contribution in [0.4, 0.5) is 4.79 Å². The second-order valence-electron chi connectivity index (χ2n) is 22.3. The maximum absolute atomic E-state index is 14.5. The van der Waals surface area contributed by atoms with Gasteiger partial charge < -0.3 is 42.6 Å². The molecule has 0 aromatic heterocycles. The molecule has 1 aliphatic carbocycles. The van der Waals surface area contributed by atoms with Crippen LogP contribution in [0.2, 0.25) is 36.3 Å². The molecule has 2 N–H and O–H groups in total. The molecule has 14 nitrogen and oxygen atoms in total. The number of nitriles is 2. The number of benzene rings is 4. The first-order valence-corrected chi connectivity index (χ1v) is 31.1. The molecule has 1 aliphatic heterocycles. The van der Waals surface area contributed by atoms with Crippen LogP contribution in [-0.4, -0.2) is 113 Å². The van der Waals surface area contributed by atoms with E-state index in [2.05, 4.69) is 120 Å². The lowest BCUT2D eigenvalue weighted by atomic mass is 9.92. The summed E-state index contributed by atoms with van der Waals surface area (Å²) in [5.41, 5.74) is 7.28. The number of carbonyl (C=O) groups excluding carboxylic acids is 1. The fraction of sp³-hybridized carbons (Fsp3) is 0.526. The molecule has 4 atom stereocenters. The number of methoxy groups -OCH3 is 4. The normalized spacial score (nSPS) is 15.9. The lowest BCUT2D eigenvalue weighted by molar-refractivity contribution is 0.0193. The van der Waals surface area contributed by atoms with Gasteiger partial charge in [-0.05, 0) is 103 Å². The van der Waals surface area contributed by atoms with E-state index in [9.17, 15) is 15.3 Å². The van der Waals surface area contributed by atoms with Crippen LogP contribution in [-0.2, 0) is 22.3 Å². The summed E-state index contributed by atoms with van der Waals surface area (Å²) in [7, 11) is 1.64. The van der Waals surface area contributed by atoms with Crippen LogP contribution in [0.1, 0.15) is 80.8 Å². The summed E-state index contributed by atoms with van der Waals surface area (Å²) in [6, 6.07) is 21.9. The number of nitrogens with zero attached hydrogens (tertiary/aromatic N) is 3. The van der Waals surface area contributed by atoms with Crippen LogP contribution in [0.25, 0.3) is 11.1 Å². The van der Waals surface area contributed by atoms with Gasteiger partial charge in [-0.15, -0.1) is 0 Å². The third kappa shape index (κ3) is 12.3. The summed E-state index contributed by atoms with van der Waals surface area (Å²) in [4.78, 5) is 16.6. The second-order valence-corrected chi connectivity index (χ2v) is 31.7. The van der Waals surface area contributed by atoms with Crippen molar-refractivity contribution in [2.75, 3.05) is 61.3 Å². The first-order chi connectivity index (χ1) is 34.4. The van der Waals surface area contributed by atoms with Crippen LogP contribution in [0, 0.1) is 36.5 Å². The average Bonchev–Trinajstić information content (AvgIpc) is 3.65. The molecule has 1 amide bonds. The molecule has 2 aliphatic rings. The molecule has 1 unspecified atom stereocenters. The third-order valence-corrected chi connectivity index (χ3v) is 24.3. The highest BCUT2D eigenvalue weighted by Crippen LogP contribution is 2.48. The van der Waals surface area contributed by atoms with Crippen molar-refractivity contribution in [3.8, 4) is 57.8 Å². The maximum Gasteiger partial charge on any atom is 0.407 e. The Hall–Kier alpha value is -5.76. The van der Waals surface area contributed by atoms with Gasteiger partial charge in [0.25, 0.3) is 16.6 Å². The van der Waals surface area contributed by atoms with E-state index in [1.54, 1.807) is 28.4 Å².